The molecule has 23 heavy (non-hydrogen) atoms. The van der Waals surface area contributed by atoms with Crippen molar-refractivity contribution < 1.29 is 32.0 Å². The van der Waals surface area contributed by atoms with E-state index in [0.717, 1.165) is 13.8 Å². The molecule has 0 aliphatic carbocycles. The number of alkyl halides is 3. The molecular weight excluding hydrogens is 317 g/mol. The maximum Gasteiger partial charge on any atom is 0.452 e. The number of carbonyl (C=O) groups excluding carboxylic acids is 2. The van der Waals surface area contributed by atoms with Crippen LogP contribution in [0.1, 0.15) is 28.6 Å². The molecule has 1 N–H and O–H groups in total. The molecule has 9 heteroatoms. The Hall–Kier alpha value is -2.84. The summed E-state index contributed by atoms with van der Waals surface area (Å²) in [7, 11) is 0. The third-order valence-corrected chi connectivity index (χ3v) is 2.80. The van der Waals surface area contributed by atoms with Crippen molar-refractivity contribution in [3.8, 4) is 5.75 Å². The molecule has 0 fully saturated rings. The number of ether oxygens (including phenoxy) is 1. The van der Waals surface area contributed by atoms with Crippen LogP contribution in [0.4, 0.5) is 19.0 Å². The number of carbonyl (C=O) groups is 2. The first-order valence-electron chi connectivity index (χ1n) is 6.32. The highest BCUT2D eigenvalue weighted by molar-refractivity contribution is 6.06. The molecule has 1 amide bonds. The summed E-state index contributed by atoms with van der Waals surface area (Å²) in [6.45, 7) is 2.28. The van der Waals surface area contributed by atoms with E-state index in [2.05, 4.69) is 15.0 Å². The number of amides is 1. The first kappa shape index (κ1) is 16.5. The van der Waals surface area contributed by atoms with Gasteiger partial charge in [-0.2, -0.15) is 13.2 Å². The first-order valence-corrected chi connectivity index (χ1v) is 6.32. The minimum absolute atomic E-state index is 0.0188. The zero-order valence-electron chi connectivity index (χ0n) is 12.0. The Morgan fingerprint density at radius 2 is 1.91 bits per heavy atom. The van der Waals surface area contributed by atoms with Gasteiger partial charge in [0.15, 0.2) is 5.82 Å². The lowest BCUT2D eigenvalue weighted by Crippen LogP contribution is -2.16. The molecule has 0 bridgehead atoms. The average Bonchev–Trinajstić information content (AvgIpc) is 2.80. The summed E-state index contributed by atoms with van der Waals surface area (Å²) >= 11 is 0. The van der Waals surface area contributed by atoms with E-state index in [-0.39, 0.29) is 22.7 Å². The van der Waals surface area contributed by atoms with Gasteiger partial charge in [0, 0.05) is 12.5 Å². The van der Waals surface area contributed by atoms with E-state index in [1.807, 2.05) is 0 Å². The minimum atomic E-state index is -4.71. The second-order valence-corrected chi connectivity index (χ2v) is 4.53. The number of hydrogen-bond donors (Lipinski definition) is 1. The highest BCUT2D eigenvalue weighted by Crippen LogP contribution is 2.34. The van der Waals surface area contributed by atoms with Crippen LogP contribution in [0, 0.1) is 6.92 Å². The molecule has 0 atom stereocenters. The van der Waals surface area contributed by atoms with Crippen LogP contribution in [0.5, 0.6) is 5.75 Å². The van der Waals surface area contributed by atoms with Gasteiger partial charge in [-0.3, -0.25) is 9.59 Å². The zero-order chi connectivity index (χ0) is 17.2. The number of nitrogens with zero attached hydrogens (tertiary/aromatic N) is 1. The molecular formula is C14H11F3N2O4. The molecule has 1 aromatic carbocycles. The summed E-state index contributed by atoms with van der Waals surface area (Å²) in [5.41, 5.74) is -0.380. The lowest BCUT2D eigenvalue weighted by molar-refractivity contribution is -0.156. The highest BCUT2D eigenvalue weighted by atomic mass is 19.4. The van der Waals surface area contributed by atoms with Crippen molar-refractivity contribution in [2.24, 2.45) is 0 Å². The van der Waals surface area contributed by atoms with Crippen LogP contribution in [-0.4, -0.2) is 17.0 Å². The summed E-state index contributed by atoms with van der Waals surface area (Å²) in [5.74, 6) is -3.09. The number of halogens is 3. The molecule has 0 aliphatic rings. The van der Waals surface area contributed by atoms with Crippen LogP contribution in [0.25, 0.3) is 0 Å². The average molecular weight is 328 g/mol. The van der Waals surface area contributed by atoms with E-state index in [0.29, 0.717) is 0 Å². The summed E-state index contributed by atoms with van der Waals surface area (Å²) in [6.07, 6.45) is -4.71. The fourth-order valence-corrected chi connectivity index (χ4v) is 1.79. The molecule has 2 rings (SSSR count). The quantitative estimate of drug-likeness (QED) is 0.691. The number of rotatable bonds is 3. The maximum atomic E-state index is 12.6. The standard InChI is InChI=1S/C14H11F3N2O4/c1-7-11(14(15,16)17)23-19-12(7)18-13(21)9-5-3-4-6-10(9)22-8(2)20/h3-6H,1-2H3,(H,18,19,21). The van der Waals surface area contributed by atoms with Crippen molar-refractivity contribution in [3.63, 3.8) is 0 Å². The van der Waals surface area contributed by atoms with Crippen molar-refractivity contribution in [1.82, 2.24) is 5.16 Å². The summed E-state index contributed by atoms with van der Waals surface area (Å²) in [4.78, 5) is 23.2. The normalized spacial score (nSPS) is 11.2. The van der Waals surface area contributed by atoms with Gasteiger partial charge in [0.1, 0.15) is 5.75 Å². The molecule has 122 valence electrons. The van der Waals surface area contributed by atoms with Gasteiger partial charge in [0.25, 0.3) is 5.91 Å². The van der Waals surface area contributed by atoms with Gasteiger partial charge < -0.3 is 14.6 Å². The Morgan fingerprint density at radius 1 is 1.26 bits per heavy atom. The first-order chi connectivity index (χ1) is 10.7. The fourth-order valence-electron chi connectivity index (χ4n) is 1.79. The molecule has 0 aliphatic heterocycles. The maximum absolute atomic E-state index is 12.6. The van der Waals surface area contributed by atoms with Crippen LogP contribution >= 0.6 is 0 Å². The highest BCUT2D eigenvalue weighted by Gasteiger charge is 2.39. The third kappa shape index (κ3) is 3.68. The number of aromatic nitrogens is 1. The van der Waals surface area contributed by atoms with Crippen LogP contribution in [0.15, 0.2) is 28.8 Å². The van der Waals surface area contributed by atoms with E-state index in [4.69, 9.17) is 4.74 Å². The number of anilines is 1. The smallest absolute Gasteiger partial charge is 0.426 e. The molecule has 0 unspecified atom stereocenters. The van der Waals surface area contributed by atoms with E-state index in [1.54, 1.807) is 0 Å². The Bertz CT molecular complexity index is 753. The van der Waals surface area contributed by atoms with Gasteiger partial charge in [0.2, 0.25) is 5.76 Å². The van der Waals surface area contributed by atoms with Crippen LogP contribution in [0.2, 0.25) is 0 Å². The molecule has 6 nitrogen and oxygen atoms in total. The third-order valence-electron chi connectivity index (χ3n) is 2.80. The summed E-state index contributed by atoms with van der Waals surface area (Å²) < 4.78 is 47.0. The SMILES string of the molecule is CC(=O)Oc1ccccc1C(=O)Nc1noc(C(F)(F)F)c1C. The summed E-state index contributed by atoms with van der Waals surface area (Å²) in [6, 6.07) is 5.79. The van der Waals surface area contributed by atoms with E-state index in [9.17, 15) is 22.8 Å². The Morgan fingerprint density at radius 3 is 2.48 bits per heavy atom. The number of nitrogens with one attached hydrogen (secondary N) is 1. The predicted molar refractivity (Wildman–Crippen MR) is 71.9 cm³/mol. The van der Waals surface area contributed by atoms with Crippen molar-refractivity contribution in [2.75, 3.05) is 5.32 Å². The predicted octanol–water partition coefficient (Wildman–Crippen LogP) is 3.18. The number of esters is 1. The van der Waals surface area contributed by atoms with Crippen molar-refractivity contribution in [3.05, 3.63) is 41.2 Å². The Labute approximate surface area is 128 Å². The second kappa shape index (κ2) is 6.11. The van der Waals surface area contributed by atoms with Gasteiger partial charge in [-0.05, 0) is 19.1 Å². The molecule has 0 saturated heterocycles. The van der Waals surface area contributed by atoms with Crippen LogP contribution in [-0.2, 0) is 11.0 Å². The number of hydrogen-bond acceptors (Lipinski definition) is 5. The topological polar surface area (TPSA) is 81.4 Å². The van der Waals surface area contributed by atoms with Crippen molar-refractivity contribution >= 4 is 17.7 Å². The van der Waals surface area contributed by atoms with Gasteiger partial charge in [-0.25, -0.2) is 0 Å². The van der Waals surface area contributed by atoms with Gasteiger partial charge in [-0.1, -0.05) is 17.3 Å². The van der Waals surface area contributed by atoms with Crippen LogP contribution in [0.3, 0.4) is 0 Å². The minimum Gasteiger partial charge on any atom is -0.426 e. The zero-order valence-corrected chi connectivity index (χ0v) is 12.0. The van der Waals surface area contributed by atoms with Gasteiger partial charge in [0.05, 0.1) is 5.56 Å². The van der Waals surface area contributed by atoms with Crippen molar-refractivity contribution in [2.45, 2.75) is 20.0 Å². The lowest BCUT2D eigenvalue weighted by Gasteiger charge is -2.08. The molecule has 0 radical (unpaired) electrons. The number of para-hydroxylation sites is 1. The van der Waals surface area contributed by atoms with Crippen molar-refractivity contribution in [1.29, 1.82) is 0 Å². The molecule has 0 spiro atoms. The monoisotopic (exact) mass is 328 g/mol. The van der Waals surface area contributed by atoms with Gasteiger partial charge >= 0.3 is 12.1 Å². The Balaban J connectivity index is 2.27. The van der Waals surface area contributed by atoms with E-state index in [1.165, 1.54) is 24.3 Å². The molecule has 1 aromatic heterocycles. The molecule has 2 aromatic rings. The largest absolute Gasteiger partial charge is 0.452 e. The summed E-state index contributed by atoms with van der Waals surface area (Å²) in [5, 5.41) is 5.40. The second-order valence-electron chi connectivity index (χ2n) is 4.53. The molecule has 1 heterocycles. The van der Waals surface area contributed by atoms with Crippen LogP contribution < -0.4 is 10.1 Å². The van der Waals surface area contributed by atoms with E-state index >= 15 is 0 Å². The molecule has 0 saturated carbocycles. The van der Waals surface area contributed by atoms with E-state index < -0.39 is 23.8 Å². The number of benzene rings is 1. The Kier molecular flexibility index (Phi) is 4.39. The fraction of sp³-hybridized carbons (Fsp3) is 0.214. The lowest BCUT2D eigenvalue weighted by atomic mass is 10.2. The van der Waals surface area contributed by atoms with Gasteiger partial charge in [-0.15, -0.1) is 0 Å².